The van der Waals surface area contributed by atoms with E-state index in [4.69, 9.17) is 0 Å². The van der Waals surface area contributed by atoms with Gasteiger partial charge in [0.25, 0.3) is 0 Å². The number of rotatable bonds is 3. The minimum Gasteiger partial charge on any atom is -0.790 e. The lowest BCUT2D eigenvalue weighted by Crippen LogP contribution is -2.22. The summed E-state index contributed by atoms with van der Waals surface area (Å²) in [4.78, 5) is 23.9. The molecule has 1 unspecified atom stereocenters. The summed E-state index contributed by atoms with van der Waals surface area (Å²) in [7, 11) is -4.25. The van der Waals surface area contributed by atoms with Gasteiger partial charge in [-0.25, -0.2) is 0 Å². The maximum absolute atomic E-state index is 12.0. The van der Waals surface area contributed by atoms with Gasteiger partial charge in [-0.3, -0.25) is 4.79 Å². The molecule has 0 heterocycles. The standard InChI is InChI=1S/C13H11O3P/c14-13(11-7-3-1-4-8-11)17(15,16)12-9-5-2-6-10-12/h1-10H,(H,15,16)/p-1. The first-order chi connectivity index (χ1) is 8.12. The minimum atomic E-state index is -4.25. The van der Waals surface area contributed by atoms with Crippen LogP contribution in [-0.2, 0) is 4.57 Å². The quantitative estimate of drug-likeness (QED) is 0.774. The van der Waals surface area contributed by atoms with Gasteiger partial charge in [0.1, 0.15) is 7.37 Å². The molecule has 0 radical (unpaired) electrons. The lowest BCUT2D eigenvalue weighted by molar-refractivity contribution is -0.168. The molecule has 0 bridgehead atoms. The highest BCUT2D eigenvalue weighted by Crippen LogP contribution is 2.38. The van der Waals surface area contributed by atoms with E-state index in [1.807, 2.05) is 0 Å². The van der Waals surface area contributed by atoms with Crippen LogP contribution < -0.4 is 10.2 Å². The van der Waals surface area contributed by atoms with E-state index in [2.05, 4.69) is 0 Å². The Balaban J connectivity index is 2.41. The molecule has 0 spiro atoms. The van der Waals surface area contributed by atoms with E-state index < -0.39 is 12.9 Å². The SMILES string of the molecule is O=C(c1ccccc1)P(=O)([O-])c1ccccc1. The fourth-order valence-electron chi connectivity index (χ4n) is 1.49. The largest absolute Gasteiger partial charge is 0.790 e. The van der Waals surface area contributed by atoms with Crippen LogP contribution in [0.1, 0.15) is 10.4 Å². The van der Waals surface area contributed by atoms with Crippen molar-refractivity contribution in [1.29, 1.82) is 0 Å². The third-order valence-electron chi connectivity index (χ3n) is 2.38. The van der Waals surface area contributed by atoms with Gasteiger partial charge in [-0.05, 0) is 0 Å². The first-order valence-electron chi connectivity index (χ1n) is 5.09. The zero-order valence-electron chi connectivity index (χ0n) is 8.95. The van der Waals surface area contributed by atoms with Crippen LogP contribution in [0, 0.1) is 0 Å². The molecule has 3 nitrogen and oxygen atoms in total. The third kappa shape index (κ3) is 2.36. The topological polar surface area (TPSA) is 57.2 Å². The van der Waals surface area contributed by atoms with Crippen LogP contribution in [0.25, 0.3) is 0 Å². The van der Waals surface area contributed by atoms with E-state index in [1.165, 1.54) is 24.3 Å². The van der Waals surface area contributed by atoms with Gasteiger partial charge in [0.15, 0.2) is 0 Å². The minimum absolute atomic E-state index is 0.0499. The van der Waals surface area contributed by atoms with Crippen molar-refractivity contribution in [3.63, 3.8) is 0 Å². The number of benzene rings is 2. The van der Waals surface area contributed by atoms with E-state index >= 15 is 0 Å². The summed E-state index contributed by atoms with van der Waals surface area (Å²) in [5.74, 6) is 0. The van der Waals surface area contributed by atoms with Gasteiger partial charge in [0.2, 0.25) is 5.52 Å². The number of carbonyl (C=O) groups excluding carboxylic acids is 1. The Bertz CT molecular complexity index is 564. The van der Waals surface area contributed by atoms with E-state index in [0.29, 0.717) is 0 Å². The highest BCUT2D eigenvalue weighted by molar-refractivity contribution is 7.81. The van der Waals surface area contributed by atoms with Crippen molar-refractivity contribution < 1.29 is 14.3 Å². The Labute approximate surface area is 99.2 Å². The van der Waals surface area contributed by atoms with Gasteiger partial charge in [0, 0.05) is 10.9 Å². The van der Waals surface area contributed by atoms with E-state index in [9.17, 15) is 14.3 Å². The van der Waals surface area contributed by atoms with Crippen molar-refractivity contribution in [1.82, 2.24) is 0 Å². The summed E-state index contributed by atoms with van der Waals surface area (Å²) in [6, 6.07) is 15.7. The van der Waals surface area contributed by atoms with Crippen molar-refractivity contribution in [3.05, 3.63) is 66.2 Å². The van der Waals surface area contributed by atoms with Crippen molar-refractivity contribution in [3.8, 4) is 0 Å². The Morgan fingerprint density at radius 2 is 1.35 bits per heavy atom. The second-order valence-electron chi connectivity index (χ2n) is 3.56. The van der Waals surface area contributed by atoms with Crippen molar-refractivity contribution >= 4 is 18.2 Å². The predicted octanol–water partition coefficient (Wildman–Crippen LogP) is 1.79. The maximum Gasteiger partial charge on any atom is 0.211 e. The lowest BCUT2D eigenvalue weighted by Gasteiger charge is -2.21. The van der Waals surface area contributed by atoms with Gasteiger partial charge < -0.3 is 9.46 Å². The average molecular weight is 245 g/mol. The zero-order chi connectivity index (χ0) is 12.3. The van der Waals surface area contributed by atoms with Crippen LogP contribution in [0.4, 0.5) is 0 Å². The molecule has 4 heteroatoms. The lowest BCUT2D eigenvalue weighted by atomic mass is 10.2. The van der Waals surface area contributed by atoms with Gasteiger partial charge >= 0.3 is 0 Å². The molecule has 0 saturated carbocycles. The summed E-state index contributed by atoms with van der Waals surface area (Å²) < 4.78 is 12.0. The molecule has 17 heavy (non-hydrogen) atoms. The first kappa shape index (κ1) is 11.8. The summed E-state index contributed by atoms with van der Waals surface area (Å²) >= 11 is 0. The molecule has 0 aromatic heterocycles. The van der Waals surface area contributed by atoms with Crippen LogP contribution in [-0.4, -0.2) is 5.52 Å². The molecule has 0 fully saturated rings. The normalized spacial score (nSPS) is 13.9. The smallest absolute Gasteiger partial charge is 0.211 e. The molecule has 0 saturated heterocycles. The summed E-state index contributed by atoms with van der Waals surface area (Å²) in [6.07, 6.45) is 0. The third-order valence-corrected chi connectivity index (χ3v) is 4.16. The Hall–Kier alpha value is -1.70. The van der Waals surface area contributed by atoms with Crippen LogP contribution in [0.5, 0.6) is 0 Å². The second-order valence-corrected chi connectivity index (χ2v) is 5.58. The van der Waals surface area contributed by atoms with Gasteiger partial charge in [0.05, 0.1) is 0 Å². The van der Waals surface area contributed by atoms with Gasteiger partial charge in [-0.2, -0.15) is 0 Å². The molecular weight excluding hydrogens is 235 g/mol. The summed E-state index contributed by atoms with van der Waals surface area (Å²) in [5.41, 5.74) is -0.654. The zero-order valence-corrected chi connectivity index (χ0v) is 9.84. The monoisotopic (exact) mass is 245 g/mol. The number of hydrogen-bond acceptors (Lipinski definition) is 3. The summed E-state index contributed by atoms with van der Waals surface area (Å²) in [5, 5.41) is 0.0499. The molecule has 0 aliphatic carbocycles. The Kier molecular flexibility index (Phi) is 3.23. The van der Waals surface area contributed by atoms with Crippen LogP contribution in [0.2, 0.25) is 0 Å². The molecule has 2 rings (SSSR count). The van der Waals surface area contributed by atoms with E-state index in [0.717, 1.165) is 0 Å². The Morgan fingerprint density at radius 3 is 1.88 bits per heavy atom. The van der Waals surface area contributed by atoms with Crippen LogP contribution in [0.3, 0.4) is 0 Å². The molecule has 2 aromatic rings. The second kappa shape index (κ2) is 4.66. The molecule has 1 atom stereocenters. The van der Waals surface area contributed by atoms with Crippen molar-refractivity contribution in [2.45, 2.75) is 0 Å². The fraction of sp³-hybridized carbons (Fsp3) is 0. The molecule has 0 N–H and O–H groups in total. The van der Waals surface area contributed by atoms with Crippen LogP contribution in [0.15, 0.2) is 60.7 Å². The molecular formula is C13H10O3P-. The molecule has 86 valence electrons. The summed E-state index contributed by atoms with van der Waals surface area (Å²) in [6.45, 7) is 0. The highest BCUT2D eigenvalue weighted by atomic mass is 31.2. The molecule has 0 aliphatic heterocycles. The number of carbonyl (C=O) groups is 1. The first-order valence-corrected chi connectivity index (χ1v) is 6.71. The van der Waals surface area contributed by atoms with Crippen molar-refractivity contribution in [2.75, 3.05) is 0 Å². The fourth-order valence-corrected chi connectivity index (χ4v) is 2.78. The van der Waals surface area contributed by atoms with Crippen LogP contribution >= 0.6 is 7.37 Å². The van der Waals surface area contributed by atoms with E-state index in [-0.39, 0.29) is 10.9 Å². The van der Waals surface area contributed by atoms with Gasteiger partial charge in [-0.15, -0.1) is 0 Å². The van der Waals surface area contributed by atoms with E-state index in [1.54, 1.807) is 36.4 Å². The predicted molar refractivity (Wildman–Crippen MR) is 64.5 cm³/mol. The number of hydrogen-bond donors (Lipinski definition) is 0. The molecule has 2 aromatic carbocycles. The van der Waals surface area contributed by atoms with Gasteiger partial charge in [-0.1, -0.05) is 60.7 Å². The average Bonchev–Trinajstić information content (AvgIpc) is 2.40. The maximum atomic E-state index is 12.0. The van der Waals surface area contributed by atoms with Crippen molar-refractivity contribution in [2.24, 2.45) is 0 Å². The highest BCUT2D eigenvalue weighted by Gasteiger charge is 2.22. The molecule has 0 amide bonds. The Morgan fingerprint density at radius 1 is 0.882 bits per heavy atom. The molecule has 0 aliphatic rings.